The van der Waals surface area contributed by atoms with Crippen LogP contribution in [0.5, 0.6) is 0 Å². The van der Waals surface area contributed by atoms with Crippen molar-refractivity contribution in [2.24, 2.45) is 0 Å². The van der Waals surface area contributed by atoms with Gasteiger partial charge in [0.2, 0.25) is 0 Å². The van der Waals surface area contributed by atoms with Gasteiger partial charge in [0, 0.05) is 31.5 Å². The summed E-state index contributed by atoms with van der Waals surface area (Å²) in [4.78, 5) is 4.30. The van der Waals surface area contributed by atoms with Gasteiger partial charge in [-0.05, 0) is 25.5 Å². The summed E-state index contributed by atoms with van der Waals surface area (Å²) in [7, 11) is 0. The third-order valence-corrected chi connectivity index (χ3v) is 2.36. The summed E-state index contributed by atoms with van der Waals surface area (Å²) in [5.41, 5.74) is 7.86. The van der Waals surface area contributed by atoms with Crippen molar-refractivity contribution in [3.05, 3.63) is 18.2 Å². The second-order valence-electron chi connectivity index (χ2n) is 3.72. The molecule has 1 aromatic carbocycles. The minimum atomic E-state index is 0.530. The number of hydrogen-bond donors (Lipinski definition) is 2. The molecule has 5 nitrogen and oxygen atoms in total. The Morgan fingerprint density at radius 1 is 1.47 bits per heavy atom. The summed E-state index contributed by atoms with van der Waals surface area (Å²) in [5, 5.41) is 3.11. The maximum Gasteiger partial charge on any atom is 0.295 e. The van der Waals surface area contributed by atoms with E-state index in [0.29, 0.717) is 17.3 Å². The van der Waals surface area contributed by atoms with E-state index >= 15 is 0 Å². The zero-order valence-electron chi connectivity index (χ0n) is 9.90. The summed E-state index contributed by atoms with van der Waals surface area (Å²) >= 11 is 0. The molecule has 0 bridgehead atoms. The molecular weight excluding hydrogens is 218 g/mol. The maximum atomic E-state index is 5.66. The predicted molar refractivity (Wildman–Crippen MR) is 68.0 cm³/mol. The van der Waals surface area contributed by atoms with E-state index in [0.717, 1.165) is 31.7 Å². The lowest BCUT2D eigenvalue weighted by Crippen LogP contribution is -2.05. The van der Waals surface area contributed by atoms with E-state index in [1.807, 2.05) is 19.1 Å². The molecule has 0 fully saturated rings. The number of aromatic nitrogens is 1. The number of fused-ring (bicyclic) bond motifs is 1. The molecular formula is C12H17N3O2. The van der Waals surface area contributed by atoms with E-state index in [1.54, 1.807) is 6.07 Å². The number of rotatable bonds is 6. The molecule has 0 aliphatic heterocycles. The first kappa shape index (κ1) is 11.7. The zero-order chi connectivity index (χ0) is 12.1. The van der Waals surface area contributed by atoms with E-state index < -0.39 is 0 Å². The van der Waals surface area contributed by atoms with Crippen molar-refractivity contribution in [3.63, 3.8) is 0 Å². The van der Waals surface area contributed by atoms with Crippen LogP contribution in [0.15, 0.2) is 22.6 Å². The molecule has 3 N–H and O–H groups in total. The van der Waals surface area contributed by atoms with Gasteiger partial charge in [-0.2, -0.15) is 4.98 Å². The lowest BCUT2D eigenvalue weighted by Gasteiger charge is -2.01. The van der Waals surface area contributed by atoms with Gasteiger partial charge in [-0.15, -0.1) is 0 Å². The molecule has 1 heterocycles. The number of oxazole rings is 1. The summed E-state index contributed by atoms with van der Waals surface area (Å²) in [6, 6.07) is 5.96. The molecule has 1 aromatic heterocycles. The number of ether oxygens (including phenoxy) is 1. The molecule has 2 rings (SSSR count). The fraction of sp³-hybridized carbons (Fsp3) is 0.417. The summed E-state index contributed by atoms with van der Waals surface area (Å²) in [5.74, 6) is 0. The van der Waals surface area contributed by atoms with Crippen molar-refractivity contribution >= 4 is 22.8 Å². The van der Waals surface area contributed by atoms with E-state index in [9.17, 15) is 0 Å². The summed E-state index contributed by atoms with van der Waals surface area (Å²) in [6.45, 7) is 4.26. The van der Waals surface area contributed by atoms with Crippen molar-refractivity contribution in [2.75, 3.05) is 30.8 Å². The second-order valence-corrected chi connectivity index (χ2v) is 3.72. The van der Waals surface area contributed by atoms with Crippen LogP contribution in [0.4, 0.5) is 11.7 Å². The molecule has 92 valence electrons. The normalized spacial score (nSPS) is 10.9. The van der Waals surface area contributed by atoms with Crippen molar-refractivity contribution in [1.82, 2.24) is 4.98 Å². The fourth-order valence-electron chi connectivity index (χ4n) is 1.53. The van der Waals surface area contributed by atoms with Crippen molar-refractivity contribution in [1.29, 1.82) is 0 Å². The van der Waals surface area contributed by atoms with Crippen molar-refractivity contribution in [3.8, 4) is 0 Å². The minimum Gasteiger partial charge on any atom is -0.423 e. The van der Waals surface area contributed by atoms with Crippen molar-refractivity contribution < 1.29 is 9.15 Å². The number of nitrogens with zero attached hydrogens (tertiary/aromatic N) is 1. The molecule has 0 saturated heterocycles. The molecule has 0 aliphatic carbocycles. The monoisotopic (exact) mass is 235 g/mol. The van der Waals surface area contributed by atoms with Crippen LogP contribution in [-0.2, 0) is 4.74 Å². The molecule has 0 unspecified atom stereocenters. The molecule has 2 aromatic rings. The Labute approximate surface area is 100.0 Å². The standard InChI is InChI=1S/C12H17N3O2/c1-2-16-7-3-6-14-12-15-10-5-4-9(13)8-11(10)17-12/h4-5,8H,2-3,6-7,13H2,1H3,(H,14,15). The number of nitrogen functional groups attached to an aromatic ring is 1. The number of anilines is 2. The highest BCUT2D eigenvalue weighted by molar-refractivity contribution is 5.77. The van der Waals surface area contributed by atoms with Gasteiger partial charge >= 0.3 is 0 Å². The van der Waals surface area contributed by atoms with Gasteiger partial charge in [-0.25, -0.2) is 0 Å². The Morgan fingerprint density at radius 3 is 3.18 bits per heavy atom. The van der Waals surface area contributed by atoms with Gasteiger partial charge < -0.3 is 20.2 Å². The van der Waals surface area contributed by atoms with Crippen LogP contribution in [0.25, 0.3) is 11.1 Å². The van der Waals surface area contributed by atoms with Crippen LogP contribution >= 0.6 is 0 Å². The maximum absolute atomic E-state index is 5.66. The first-order valence-corrected chi connectivity index (χ1v) is 5.77. The Bertz CT molecular complexity index is 482. The average molecular weight is 235 g/mol. The zero-order valence-corrected chi connectivity index (χ0v) is 9.90. The van der Waals surface area contributed by atoms with E-state index in [-0.39, 0.29) is 0 Å². The highest BCUT2D eigenvalue weighted by Gasteiger charge is 2.04. The number of benzene rings is 1. The van der Waals surface area contributed by atoms with Crippen LogP contribution in [0.2, 0.25) is 0 Å². The van der Waals surface area contributed by atoms with Crippen molar-refractivity contribution in [2.45, 2.75) is 13.3 Å². The Morgan fingerprint density at radius 2 is 2.35 bits per heavy atom. The molecule has 5 heteroatoms. The van der Waals surface area contributed by atoms with Gasteiger partial charge in [0.05, 0.1) is 0 Å². The third kappa shape index (κ3) is 3.10. The van der Waals surface area contributed by atoms with Crippen LogP contribution in [0.1, 0.15) is 13.3 Å². The number of nitrogens with two attached hydrogens (primary N) is 1. The first-order chi connectivity index (χ1) is 8.29. The Kier molecular flexibility index (Phi) is 3.82. The fourth-order valence-corrected chi connectivity index (χ4v) is 1.53. The molecule has 0 aliphatic rings. The van der Waals surface area contributed by atoms with Gasteiger partial charge in [-0.3, -0.25) is 0 Å². The largest absolute Gasteiger partial charge is 0.423 e. The van der Waals surface area contributed by atoms with Gasteiger partial charge in [0.15, 0.2) is 5.58 Å². The smallest absolute Gasteiger partial charge is 0.295 e. The molecule has 0 spiro atoms. The highest BCUT2D eigenvalue weighted by atomic mass is 16.5. The Hall–Kier alpha value is -1.75. The number of hydrogen-bond acceptors (Lipinski definition) is 5. The number of nitrogens with one attached hydrogen (secondary N) is 1. The van der Waals surface area contributed by atoms with Crippen LogP contribution in [-0.4, -0.2) is 24.7 Å². The van der Waals surface area contributed by atoms with Gasteiger partial charge in [0.1, 0.15) is 5.52 Å². The molecule has 17 heavy (non-hydrogen) atoms. The van der Waals surface area contributed by atoms with Gasteiger partial charge in [0.25, 0.3) is 6.01 Å². The predicted octanol–water partition coefficient (Wildman–Crippen LogP) is 2.25. The third-order valence-electron chi connectivity index (χ3n) is 2.36. The quantitative estimate of drug-likeness (QED) is 0.593. The summed E-state index contributed by atoms with van der Waals surface area (Å²) < 4.78 is 10.8. The Balaban J connectivity index is 1.91. The SMILES string of the molecule is CCOCCCNc1nc2ccc(N)cc2o1. The second kappa shape index (κ2) is 5.54. The lowest BCUT2D eigenvalue weighted by atomic mass is 10.3. The van der Waals surface area contributed by atoms with E-state index in [2.05, 4.69) is 10.3 Å². The van der Waals surface area contributed by atoms with E-state index in [1.165, 1.54) is 0 Å². The summed E-state index contributed by atoms with van der Waals surface area (Å²) in [6.07, 6.45) is 0.925. The van der Waals surface area contributed by atoms with Crippen LogP contribution in [0, 0.1) is 0 Å². The lowest BCUT2D eigenvalue weighted by molar-refractivity contribution is 0.147. The highest BCUT2D eigenvalue weighted by Crippen LogP contribution is 2.20. The van der Waals surface area contributed by atoms with Crippen LogP contribution in [0.3, 0.4) is 0 Å². The van der Waals surface area contributed by atoms with E-state index in [4.69, 9.17) is 14.9 Å². The average Bonchev–Trinajstić information content (AvgIpc) is 2.70. The van der Waals surface area contributed by atoms with Crippen LogP contribution < -0.4 is 11.1 Å². The molecule has 0 amide bonds. The van der Waals surface area contributed by atoms with Gasteiger partial charge in [-0.1, -0.05) is 0 Å². The molecule has 0 atom stereocenters. The first-order valence-electron chi connectivity index (χ1n) is 5.77. The topological polar surface area (TPSA) is 73.3 Å². The molecule has 0 saturated carbocycles. The molecule has 0 radical (unpaired) electrons. The minimum absolute atomic E-state index is 0.530.